The zero-order valence-corrected chi connectivity index (χ0v) is 9.41. The number of hydrogen-bond donors (Lipinski definition) is 2. The van der Waals surface area contributed by atoms with Crippen LogP contribution in [0.25, 0.3) is 21.9 Å². The van der Waals surface area contributed by atoms with Crippen molar-refractivity contribution in [1.82, 2.24) is 9.97 Å². The standard InChI is InChI=1S/C13H12N2O2/c1-2-17-13(16)11-7-9-8-5-3-4-6-10(8)14-12(9)15-11/h3-7,14-15H,2H2,1H3. The molecule has 4 heteroatoms. The summed E-state index contributed by atoms with van der Waals surface area (Å²) >= 11 is 0. The Morgan fingerprint density at radius 2 is 2.06 bits per heavy atom. The molecule has 0 saturated heterocycles. The van der Waals surface area contributed by atoms with Gasteiger partial charge in [0, 0.05) is 16.3 Å². The number of carbonyl (C=O) groups excluding carboxylic acids is 1. The lowest BCUT2D eigenvalue weighted by atomic mass is 10.2. The van der Waals surface area contributed by atoms with E-state index in [1.54, 1.807) is 6.92 Å². The first-order valence-corrected chi connectivity index (χ1v) is 5.56. The first-order chi connectivity index (χ1) is 8.29. The minimum atomic E-state index is -0.318. The number of ether oxygens (including phenoxy) is 1. The highest BCUT2D eigenvalue weighted by Crippen LogP contribution is 2.25. The largest absolute Gasteiger partial charge is 0.461 e. The van der Waals surface area contributed by atoms with Gasteiger partial charge in [0.05, 0.1) is 6.61 Å². The first-order valence-electron chi connectivity index (χ1n) is 5.56. The van der Waals surface area contributed by atoms with E-state index in [4.69, 9.17) is 4.74 Å². The van der Waals surface area contributed by atoms with Crippen molar-refractivity contribution in [1.29, 1.82) is 0 Å². The van der Waals surface area contributed by atoms with Gasteiger partial charge in [-0.05, 0) is 19.1 Å². The Bertz CT molecular complexity index is 694. The number of fused-ring (bicyclic) bond motifs is 3. The molecule has 4 nitrogen and oxygen atoms in total. The van der Waals surface area contributed by atoms with Gasteiger partial charge in [-0.1, -0.05) is 18.2 Å². The molecule has 0 unspecified atom stereocenters. The summed E-state index contributed by atoms with van der Waals surface area (Å²) in [5, 5.41) is 2.12. The highest BCUT2D eigenvalue weighted by atomic mass is 16.5. The SMILES string of the molecule is CCOC(=O)c1cc2c([nH]1)[nH]c1ccccc12. The van der Waals surface area contributed by atoms with Crippen LogP contribution in [-0.4, -0.2) is 22.5 Å². The van der Waals surface area contributed by atoms with E-state index in [0.717, 1.165) is 21.9 Å². The van der Waals surface area contributed by atoms with Crippen molar-refractivity contribution >= 4 is 27.9 Å². The molecule has 2 N–H and O–H groups in total. The summed E-state index contributed by atoms with van der Waals surface area (Å²) in [5.74, 6) is -0.318. The van der Waals surface area contributed by atoms with Crippen LogP contribution in [0.5, 0.6) is 0 Å². The first kappa shape index (κ1) is 9.96. The van der Waals surface area contributed by atoms with E-state index in [-0.39, 0.29) is 5.97 Å². The summed E-state index contributed by atoms with van der Waals surface area (Å²) in [6.45, 7) is 2.18. The van der Waals surface area contributed by atoms with Crippen molar-refractivity contribution in [2.24, 2.45) is 0 Å². The lowest BCUT2D eigenvalue weighted by molar-refractivity contribution is 0.0520. The van der Waals surface area contributed by atoms with Crippen LogP contribution in [0.3, 0.4) is 0 Å². The van der Waals surface area contributed by atoms with Gasteiger partial charge in [-0.2, -0.15) is 0 Å². The van der Waals surface area contributed by atoms with Crippen molar-refractivity contribution < 1.29 is 9.53 Å². The van der Waals surface area contributed by atoms with E-state index >= 15 is 0 Å². The van der Waals surface area contributed by atoms with Crippen LogP contribution < -0.4 is 0 Å². The Kier molecular flexibility index (Phi) is 2.14. The number of aromatic nitrogens is 2. The van der Waals surface area contributed by atoms with E-state index in [1.807, 2.05) is 30.3 Å². The van der Waals surface area contributed by atoms with Crippen molar-refractivity contribution in [3.63, 3.8) is 0 Å². The summed E-state index contributed by atoms with van der Waals surface area (Å²) in [7, 11) is 0. The summed E-state index contributed by atoms with van der Waals surface area (Å²) in [4.78, 5) is 17.9. The summed E-state index contributed by atoms with van der Waals surface area (Å²) < 4.78 is 4.95. The van der Waals surface area contributed by atoms with Gasteiger partial charge in [0.25, 0.3) is 0 Å². The number of carbonyl (C=O) groups is 1. The number of benzene rings is 1. The van der Waals surface area contributed by atoms with Gasteiger partial charge in [0.1, 0.15) is 11.3 Å². The topological polar surface area (TPSA) is 57.9 Å². The molecule has 0 amide bonds. The van der Waals surface area contributed by atoms with Crippen LogP contribution in [0.2, 0.25) is 0 Å². The summed E-state index contributed by atoms with van der Waals surface area (Å²) in [6.07, 6.45) is 0. The van der Waals surface area contributed by atoms with Gasteiger partial charge in [-0.15, -0.1) is 0 Å². The minimum Gasteiger partial charge on any atom is -0.461 e. The monoisotopic (exact) mass is 228 g/mol. The van der Waals surface area contributed by atoms with E-state index in [9.17, 15) is 4.79 Å². The Labute approximate surface area is 97.6 Å². The van der Waals surface area contributed by atoms with Gasteiger partial charge in [-0.3, -0.25) is 0 Å². The number of esters is 1. The fourth-order valence-corrected chi connectivity index (χ4v) is 2.05. The summed E-state index contributed by atoms with van der Waals surface area (Å²) in [5.41, 5.74) is 2.40. The molecule has 0 aliphatic heterocycles. The predicted molar refractivity (Wildman–Crippen MR) is 66.1 cm³/mol. The van der Waals surface area contributed by atoms with E-state index in [2.05, 4.69) is 9.97 Å². The molecular weight excluding hydrogens is 216 g/mol. The Morgan fingerprint density at radius 3 is 2.88 bits per heavy atom. The molecule has 1 aromatic carbocycles. The third kappa shape index (κ3) is 1.49. The van der Waals surface area contributed by atoms with Crippen LogP contribution in [0.15, 0.2) is 30.3 Å². The maximum Gasteiger partial charge on any atom is 0.354 e. The quantitative estimate of drug-likeness (QED) is 0.662. The Hall–Kier alpha value is -2.23. The molecule has 0 aliphatic rings. The lowest BCUT2D eigenvalue weighted by Gasteiger charge is -1.97. The van der Waals surface area contributed by atoms with E-state index in [1.165, 1.54) is 0 Å². The highest BCUT2D eigenvalue weighted by Gasteiger charge is 2.13. The number of H-pyrrole nitrogens is 2. The van der Waals surface area contributed by atoms with Crippen LogP contribution in [0, 0.1) is 0 Å². The second kappa shape index (κ2) is 3.66. The molecule has 0 spiro atoms. The molecule has 3 aromatic rings. The second-order valence-corrected chi connectivity index (χ2v) is 3.86. The summed E-state index contributed by atoms with van der Waals surface area (Å²) in [6, 6.07) is 9.81. The molecule has 2 heterocycles. The third-order valence-electron chi connectivity index (χ3n) is 2.79. The molecular formula is C13H12N2O2. The normalized spacial score (nSPS) is 11.1. The van der Waals surface area contributed by atoms with Gasteiger partial charge >= 0.3 is 5.97 Å². The van der Waals surface area contributed by atoms with Crippen LogP contribution in [-0.2, 0) is 4.74 Å². The van der Waals surface area contributed by atoms with Crippen molar-refractivity contribution in [2.75, 3.05) is 6.61 Å². The van der Waals surface area contributed by atoms with Crippen molar-refractivity contribution in [3.8, 4) is 0 Å². The zero-order valence-electron chi connectivity index (χ0n) is 9.41. The average Bonchev–Trinajstić information content (AvgIpc) is 2.86. The Morgan fingerprint density at radius 1 is 1.24 bits per heavy atom. The molecule has 2 aromatic heterocycles. The van der Waals surface area contributed by atoms with Gasteiger partial charge in [0.15, 0.2) is 0 Å². The fraction of sp³-hybridized carbons (Fsp3) is 0.154. The van der Waals surface area contributed by atoms with Crippen LogP contribution in [0.1, 0.15) is 17.4 Å². The minimum absolute atomic E-state index is 0.318. The van der Waals surface area contributed by atoms with Gasteiger partial charge in [0.2, 0.25) is 0 Å². The van der Waals surface area contributed by atoms with Gasteiger partial charge in [-0.25, -0.2) is 4.79 Å². The van der Waals surface area contributed by atoms with Crippen molar-refractivity contribution in [3.05, 3.63) is 36.0 Å². The second-order valence-electron chi connectivity index (χ2n) is 3.86. The zero-order chi connectivity index (χ0) is 11.8. The van der Waals surface area contributed by atoms with Gasteiger partial charge < -0.3 is 14.7 Å². The molecule has 0 saturated carbocycles. The van der Waals surface area contributed by atoms with Crippen molar-refractivity contribution in [2.45, 2.75) is 6.92 Å². The van der Waals surface area contributed by atoms with Crippen LogP contribution >= 0.6 is 0 Å². The van der Waals surface area contributed by atoms with E-state index in [0.29, 0.717) is 12.3 Å². The van der Waals surface area contributed by atoms with Crippen LogP contribution in [0.4, 0.5) is 0 Å². The number of nitrogens with one attached hydrogen (secondary N) is 2. The van der Waals surface area contributed by atoms with E-state index < -0.39 is 0 Å². The number of para-hydroxylation sites is 1. The molecule has 3 rings (SSSR count). The maximum absolute atomic E-state index is 11.6. The number of rotatable bonds is 2. The average molecular weight is 228 g/mol. The molecule has 86 valence electrons. The molecule has 0 aliphatic carbocycles. The molecule has 0 fully saturated rings. The lowest BCUT2D eigenvalue weighted by Crippen LogP contribution is -2.04. The molecule has 0 radical (unpaired) electrons. The Balaban J connectivity index is 2.17. The molecule has 17 heavy (non-hydrogen) atoms. The number of aromatic amines is 2. The molecule has 0 atom stereocenters. The third-order valence-corrected chi connectivity index (χ3v) is 2.79. The smallest absolute Gasteiger partial charge is 0.354 e. The molecule has 0 bridgehead atoms. The predicted octanol–water partition coefficient (Wildman–Crippen LogP) is 2.83. The number of hydrogen-bond acceptors (Lipinski definition) is 2. The fourth-order valence-electron chi connectivity index (χ4n) is 2.05. The highest BCUT2D eigenvalue weighted by molar-refractivity contribution is 6.09. The maximum atomic E-state index is 11.6.